The van der Waals surface area contributed by atoms with Crippen LogP contribution in [0.4, 0.5) is 0 Å². The molecule has 3 nitrogen and oxygen atoms in total. The molecule has 0 saturated heterocycles. The van der Waals surface area contributed by atoms with Crippen molar-refractivity contribution >= 4 is 0 Å². The number of aryl methyl sites for hydroxylation is 1. The van der Waals surface area contributed by atoms with Gasteiger partial charge in [0.25, 0.3) is 0 Å². The first-order valence-corrected chi connectivity index (χ1v) is 9.09. The summed E-state index contributed by atoms with van der Waals surface area (Å²) in [4.78, 5) is 6.95. The maximum atomic E-state index is 9.22. The summed E-state index contributed by atoms with van der Waals surface area (Å²) in [6, 6.07) is 6.20. The third kappa shape index (κ3) is 8.13. The Bertz CT molecular complexity index is 486. The Labute approximate surface area is 142 Å². The molecule has 0 aromatic carbocycles. The van der Waals surface area contributed by atoms with Gasteiger partial charge in [-0.25, -0.2) is 0 Å². The van der Waals surface area contributed by atoms with Crippen molar-refractivity contribution in [3.05, 3.63) is 29.1 Å². The first-order chi connectivity index (χ1) is 11.0. The molecule has 0 N–H and O–H groups in total. The predicted octanol–water partition coefficient (Wildman–Crippen LogP) is 4.91. The average Bonchev–Trinajstić information content (AvgIpc) is 2.52. The van der Waals surface area contributed by atoms with Crippen LogP contribution in [0, 0.1) is 11.3 Å². The molecule has 0 saturated carbocycles. The molecule has 1 aromatic heterocycles. The largest absolute Gasteiger partial charge is 0.309 e. The van der Waals surface area contributed by atoms with Crippen LogP contribution in [0.15, 0.2) is 12.1 Å². The highest BCUT2D eigenvalue weighted by molar-refractivity contribution is 5.34. The molecule has 23 heavy (non-hydrogen) atoms. The zero-order chi connectivity index (χ0) is 17.1. The average molecular weight is 316 g/mol. The third-order valence-corrected chi connectivity index (χ3v) is 4.23. The van der Waals surface area contributed by atoms with Crippen molar-refractivity contribution in [2.75, 3.05) is 20.6 Å². The molecule has 0 spiro atoms. The summed E-state index contributed by atoms with van der Waals surface area (Å²) < 4.78 is 0. The van der Waals surface area contributed by atoms with Gasteiger partial charge >= 0.3 is 0 Å². The highest BCUT2D eigenvalue weighted by Crippen LogP contribution is 2.17. The van der Waals surface area contributed by atoms with E-state index in [2.05, 4.69) is 38.9 Å². The molecule has 0 aliphatic carbocycles. The van der Waals surface area contributed by atoms with E-state index in [1.54, 1.807) is 0 Å². The molecule has 0 fully saturated rings. The summed E-state index contributed by atoms with van der Waals surface area (Å²) in [6.07, 6.45) is 9.94. The fraction of sp³-hybridized carbons (Fsp3) is 0.700. The van der Waals surface area contributed by atoms with Crippen molar-refractivity contribution in [2.24, 2.45) is 0 Å². The Kier molecular flexibility index (Phi) is 9.55. The number of aromatic nitrogens is 1. The van der Waals surface area contributed by atoms with Gasteiger partial charge in [-0.2, -0.15) is 5.26 Å². The summed E-state index contributed by atoms with van der Waals surface area (Å²) in [5.41, 5.74) is 2.84. The van der Waals surface area contributed by atoms with Gasteiger partial charge in [-0.1, -0.05) is 46.0 Å². The summed E-state index contributed by atoms with van der Waals surface area (Å²) in [6.45, 7) is 5.50. The molecule has 3 heteroatoms. The fourth-order valence-corrected chi connectivity index (χ4v) is 2.74. The van der Waals surface area contributed by atoms with Gasteiger partial charge in [-0.3, -0.25) is 4.98 Å². The molecule has 0 bridgehead atoms. The van der Waals surface area contributed by atoms with E-state index in [1.165, 1.54) is 45.1 Å². The Morgan fingerprint density at radius 2 is 1.61 bits per heavy atom. The molecular weight excluding hydrogens is 282 g/mol. The van der Waals surface area contributed by atoms with E-state index in [9.17, 15) is 5.26 Å². The van der Waals surface area contributed by atoms with Crippen LogP contribution in [0.1, 0.15) is 81.7 Å². The second-order valence-electron chi connectivity index (χ2n) is 7.03. The highest BCUT2D eigenvalue weighted by atomic mass is 15.0. The van der Waals surface area contributed by atoms with Crippen LogP contribution in [0.3, 0.4) is 0 Å². The molecule has 0 atom stereocenters. The Morgan fingerprint density at radius 1 is 1.00 bits per heavy atom. The van der Waals surface area contributed by atoms with Crippen LogP contribution >= 0.6 is 0 Å². The zero-order valence-electron chi connectivity index (χ0n) is 15.4. The minimum Gasteiger partial charge on any atom is -0.309 e. The molecule has 0 radical (unpaired) electrons. The smallest absolute Gasteiger partial charge is 0.101 e. The topological polar surface area (TPSA) is 39.9 Å². The van der Waals surface area contributed by atoms with E-state index in [1.807, 2.05) is 12.1 Å². The van der Waals surface area contributed by atoms with Crippen molar-refractivity contribution in [1.82, 2.24) is 9.88 Å². The minimum atomic E-state index is 0.420. The maximum absolute atomic E-state index is 9.22. The quantitative estimate of drug-likeness (QED) is 0.545. The van der Waals surface area contributed by atoms with E-state index in [-0.39, 0.29) is 0 Å². The second kappa shape index (κ2) is 11.2. The van der Waals surface area contributed by atoms with Gasteiger partial charge in [0.2, 0.25) is 0 Å². The normalized spacial score (nSPS) is 11.2. The molecule has 0 amide bonds. The summed E-state index contributed by atoms with van der Waals surface area (Å²) in [5, 5.41) is 9.22. The van der Waals surface area contributed by atoms with Crippen molar-refractivity contribution < 1.29 is 0 Å². The van der Waals surface area contributed by atoms with Crippen LogP contribution in [0.2, 0.25) is 0 Å². The third-order valence-electron chi connectivity index (χ3n) is 4.23. The van der Waals surface area contributed by atoms with E-state index in [0.29, 0.717) is 5.92 Å². The molecule has 0 aliphatic rings. The monoisotopic (exact) mass is 315 g/mol. The maximum Gasteiger partial charge on any atom is 0.101 e. The molecule has 1 aromatic rings. The number of rotatable bonds is 11. The number of nitrogens with zero attached hydrogens (tertiary/aromatic N) is 3. The van der Waals surface area contributed by atoms with Gasteiger partial charge in [0.15, 0.2) is 0 Å². The molecule has 128 valence electrons. The number of hydrogen-bond donors (Lipinski definition) is 0. The second-order valence-corrected chi connectivity index (χ2v) is 7.03. The van der Waals surface area contributed by atoms with E-state index in [4.69, 9.17) is 4.98 Å². The van der Waals surface area contributed by atoms with Crippen molar-refractivity contribution in [3.63, 3.8) is 0 Å². The lowest BCUT2D eigenvalue weighted by atomic mass is 10.0. The Balaban J connectivity index is 2.23. The van der Waals surface area contributed by atoms with E-state index >= 15 is 0 Å². The SMILES string of the molecule is CC(C)c1ccc(C#N)c(CCCCCCCCCN(C)C)n1. The number of hydrogen-bond acceptors (Lipinski definition) is 3. The summed E-state index contributed by atoms with van der Waals surface area (Å²) in [7, 11) is 4.27. The van der Waals surface area contributed by atoms with Gasteiger partial charge in [0, 0.05) is 5.69 Å². The molecule has 1 rings (SSSR count). The summed E-state index contributed by atoms with van der Waals surface area (Å²) in [5.74, 6) is 0.420. The van der Waals surface area contributed by atoms with Crippen LogP contribution < -0.4 is 0 Å². The van der Waals surface area contributed by atoms with E-state index in [0.717, 1.165) is 29.8 Å². The highest BCUT2D eigenvalue weighted by Gasteiger charge is 2.07. The molecule has 0 aliphatic heterocycles. The first-order valence-electron chi connectivity index (χ1n) is 9.09. The number of nitriles is 1. The first kappa shape index (κ1) is 19.6. The molecular formula is C20H33N3. The van der Waals surface area contributed by atoms with Gasteiger partial charge in [-0.15, -0.1) is 0 Å². The van der Waals surface area contributed by atoms with Crippen molar-refractivity contribution in [3.8, 4) is 6.07 Å². The minimum absolute atomic E-state index is 0.420. The summed E-state index contributed by atoms with van der Waals surface area (Å²) >= 11 is 0. The Morgan fingerprint density at radius 3 is 2.17 bits per heavy atom. The number of unbranched alkanes of at least 4 members (excludes halogenated alkanes) is 6. The molecule has 1 heterocycles. The lowest BCUT2D eigenvalue weighted by Gasteiger charge is -2.09. The van der Waals surface area contributed by atoms with Crippen molar-refractivity contribution in [2.45, 2.75) is 71.1 Å². The fourth-order valence-electron chi connectivity index (χ4n) is 2.74. The van der Waals surface area contributed by atoms with Crippen LogP contribution in [0.5, 0.6) is 0 Å². The standard InChI is InChI=1S/C20H33N3/c1-17(2)19-14-13-18(16-21)20(22-19)12-10-8-6-5-7-9-11-15-23(3)4/h13-14,17H,5-12,15H2,1-4H3. The van der Waals surface area contributed by atoms with Gasteiger partial charge in [0.05, 0.1) is 11.3 Å². The number of pyridine rings is 1. The van der Waals surface area contributed by atoms with Crippen molar-refractivity contribution in [1.29, 1.82) is 5.26 Å². The van der Waals surface area contributed by atoms with Gasteiger partial charge in [0.1, 0.15) is 6.07 Å². The van der Waals surface area contributed by atoms with Gasteiger partial charge < -0.3 is 4.90 Å². The van der Waals surface area contributed by atoms with Crippen LogP contribution in [-0.2, 0) is 6.42 Å². The Hall–Kier alpha value is -1.40. The zero-order valence-corrected chi connectivity index (χ0v) is 15.4. The molecule has 0 unspecified atom stereocenters. The lowest BCUT2D eigenvalue weighted by molar-refractivity contribution is 0.389. The predicted molar refractivity (Wildman–Crippen MR) is 97.6 cm³/mol. The van der Waals surface area contributed by atoms with Crippen LogP contribution in [0.25, 0.3) is 0 Å². The van der Waals surface area contributed by atoms with E-state index < -0.39 is 0 Å². The van der Waals surface area contributed by atoms with Crippen LogP contribution in [-0.4, -0.2) is 30.5 Å². The van der Waals surface area contributed by atoms with Gasteiger partial charge in [-0.05, 0) is 58.0 Å². The lowest BCUT2D eigenvalue weighted by Crippen LogP contribution is -2.12.